The molecule has 0 unspecified atom stereocenters. The fourth-order valence-electron chi connectivity index (χ4n) is 2.16. The van der Waals surface area contributed by atoms with E-state index in [1.807, 2.05) is 60.7 Å². The summed E-state index contributed by atoms with van der Waals surface area (Å²) in [5.74, 6) is 1.98. The highest BCUT2D eigenvalue weighted by atomic mass is 127. The largest absolute Gasteiger partial charge is 0.453 e. The highest BCUT2D eigenvalue weighted by molar-refractivity contribution is 14.1. The van der Waals surface area contributed by atoms with Crippen LogP contribution in [0.5, 0.6) is 23.0 Å². The van der Waals surface area contributed by atoms with Crippen LogP contribution in [-0.2, 0) is 0 Å². The summed E-state index contributed by atoms with van der Waals surface area (Å²) >= 11 is 4.42. The molecule has 0 N–H and O–H groups in total. The number of halogens is 2. The molecule has 0 saturated heterocycles. The highest BCUT2D eigenvalue weighted by Gasteiger charge is 2.14. The Morgan fingerprint density at radius 1 is 0.615 bits per heavy atom. The van der Waals surface area contributed by atoms with E-state index in [9.17, 15) is 10.5 Å². The van der Waals surface area contributed by atoms with Gasteiger partial charge in [0.05, 0.1) is 11.1 Å². The summed E-state index contributed by atoms with van der Waals surface area (Å²) in [7, 11) is 0. The molecule has 0 bridgehead atoms. The van der Waals surface area contributed by atoms with Crippen molar-refractivity contribution in [1.82, 2.24) is 0 Å². The van der Waals surface area contributed by atoms with Gasteiger partial charge in [-0.3, -0.25) is 0 Å². The number of benzene rings is 3. The zero-order valence-electron chi connectivity index (χ0n) is 13.2. The van der Waals surface area contributed by atoms with E-state index in [0.29, 0.717) is 23.0 Å². The molecule has 0 aliphatic rings. The lowest BCUT2D eigenvalue weighted by atomic mass is 10.1. The normalized spacial score (nSPS) is 9.85. The van der Waals surface area contributed by atoms with Gasteiger partial charge in [-0.2, -0.15) is 10.5 Å². The lowest BCUT2D eigenvalue weighted by Gasteiger charge is -2.13. The van der Waals surface area contributed by atoms with Gasteiger partial charge < -0.3 is 9.47 Å². The zero-order valence-corrected chi connectivity index (χ0v) is 17.6. The van der Waals surface area contributed by atoms with Gasteiger partial charge in [-0.25, -0.2) is 0 Å². The molecule has 0 saturated carbocycles. The monoisotopic (exact) mass is 564 g/mol. The van der Waals surface area contributed by atoms with Crippen LogP contribution in [0, 0.1) is 29.8 Å². The minimum Gasteiger partial charge on any atom is -0.453 e. The van der Waals surface area contributed by atoms with Crippen molar-refractivity contribution in [3.63, 3.8) is 0 Å². The average molecular weight is 564 g/mol. The molecule has 0 atom stereocenters. The van der Waals surface area contributed by atoms with Crippen molar-refractivity contribution in [3.05, 3.63) is 78.9 Å². The van der Waals surface area contributed by atoms with Crippen LogP contribution in [0.1, 0.15) is 11.1 Å². The fraction of sp³-hybridized carbons (Fsp3) is 0. The molecule has 0 amide bonds. The minimum absolute atomic E-state index is 0.239. The first-order chi connectivity index (χ1) is 12.6. The minimum atomic E-state index is 0.239. The maximum atomic E-state index is 9.29. The van der Waals surface area contributed by atoms with Gasteiger partial charge in [0, 0.05) is 19.3 Å². The van der Waals surface area contributed by atoms with Crippen molar-refractivity contribution in [2.45, 2.75) is 0 Å². The first kappa shape index (κ1) is 18.5. The van der Waals surface area contributed by atoms with Crippen LogP contribution in [0.15, 0.2) is 60.7 Å². The quantitative estimate of drug-likeness (QED) is 0.353. The second-order valence-corrected chi connectivity index (χ2v) is 7.67. The molecule has 0 aliphatic heterocycles. The van der Waals surface area contributed by atoms with Crippen molar-refractivity contribution < 1.29 is 9.47 Å². The number of hydrogen-bond donors (Lipinski definition) is 0. The molecule has 0 fully saturated rings. The molecule has 0 radical (unpaired) electrons. The van der Waals surface area contributed by atoms with Crippen LogP contribution < -0.4 is 9.47 Å². The Hall–Kier alpha value is -2.30. The van der Waals surface area contributed by atoms with Crippen molar-refractivity contribution in [2.24, 2.45) is 0 Å². The molecule has 3 aromatic carbocycles. The van der Waals surface area contributed by atoms with Crippen LogP contribution in [0.25, 0.3) is 0 Å². The van der Waals surface area contributed by atoms with E-state index in [2.05, 4.69) is 45.2 Å². The van der Waals surface area contributed by atoms with Crippen LogP contribution >= 0.6 is 45.2 Å². The van der Waals surface area contributed by atoms with Gasteiger partial charge in [0.2, 0.25) is 0 Å². The third kappa shape index (κ3) is 4.45. The number of nitrogens with zero attached hydrogens (tertiary/aromatic N) is 2. The Morgan fingerprint density at radius 2 is 0.962 bits per heavy atom. The molecule has 6 heteroatoms. The highest BCUT2D eigenvalue weighted by Crippen LogP contribution is 2.37. The number of ether oxygens (including phenoxy) is 2. The first-order valence-electron chi connectivity index (χ1n) is 7.44. The summed E-state index contributed by atoms with van der Waals surface area (Å²) in [5.41, 5.74) is 0.478. The molecule has 26 heavy (non-hydrogen) atoms. The van der Waals surface area contributed by atoms with E-state index in [-0.39, 0.29) is 11.1 Å². The maximum absolute atomic E-state index is 9.29. The lowest BCUT2D eigenvalue weighted by molar-refractivity contribution is 0.418. The third-order valence-electron chi connectivity index (χ3n) is 3.41. The van der Waals surface area contributed by atoms with E-state index >= 15 is 0 Å². The summed E-state index contributed by atoms with van der Waals surface area (Å²) in [5, 5.41) is 18.6. The molecule has 0 heterocycles. The van der Waals surface area contributed by atoms with Crippen LogP contribution in [-0.4, -0.2) is 0 Å². The number of nitriles is 2. The van der Waals surface area contributed by atoms with Gasteiger partial charge in [-0.05, 0) is 93.7 Å². The van der Waals surface area contributed by atoms with Gasteiger partial charge in [0.1, 0.15) is 23.6 Å². The van der Waals surface area contributed by atoms with E-state index in [4.69, 9.17) is 9.47 Å². The Kier molecular flexibility index (Phi) is 5.96. The van der Waals surface area contributed by atoms with Crippen LogP contribution in [0.3, 0.4) is 0 Å². The molecule has 126 valence electrons. The van der Waals surface area contributed by atoms with Crippen LogP contribution in [0.2, 0.25) is 0 Å². The molecule has 3 aromatic rings. The molecule has 0 aromatic heterocycles. The summed E-state index contributed by atoms with van der Waals surface area (Å²) in [6, 6.07) is 22.1. The van der Waals surface area contributed by atoms with Gasteiger partial charge in [-0.1, -0.05) is 0 Å². The molecule has 3 rings (SSSR count). The second-order valence-electron chi connectivity index (χ2n) is 5.18. The Balaban J connectivity index is 2.02. The second kappa shape index (κ2) is 8.39. The van der Waals surface area contributed by atoms with Gasteiger partial charge in [-0.15, -0.1) is 0 Å². The zero-order chi connectivity index (χ0) is 18.5. The summed E-state index contributed by atoms with van der Waals surface area (Å²) in [4.78, 5) is 0. The standard InChI is InChI=1S/C20H10I2N2O2/c21-15-1-5-17(6-2-15)25-19-9-13(11-23)14(12-24)10-20(19)26-18-7-3-16(22)4-8-18/h1-10H. The van der Waals surface area contributed by atoms with Gasteiger partial charge in [0.15, 0.2) is 11.5 Å². The van der Waals surface area contributed by atoms with Crippen molar-refractivity contribution in [2.75, 3.05) is 0 Å². The average Bonchev–Trinajstić information content (AvgIpc) is 2.66. The Labute approximate surface area is 178 Å². The summed E-state index contributed by atoms with van der Waals surface area (Å²) < 4.78 is 14.0. The van der Waals surface area contributed by atoms with E-state index < -0.39 is 0 Å². The topological polar surface area (TPSA) is 66.0 Å². The molecule has 0 spiro atoms. The lowest BCUT2D eigenvalue weighted by Crippen LogP contribution is -1.94. The number of hydrogen-bond acceptors (Lipinski definition) is 4. The molecule has 4 nitrogen and oxygen atoms in total. The summed E-state index contributed by atoms with van der Waals surface area (Å²) in [6.45, 7) is 0. The third-order valence-corrected chi connectivity index (χ3v) is 4.85. The van der Waals surface area contributed by atoms with E-state index in [1.165, 1.54) is 12.1 Å². The molecular formula is C20H10I2N2O2. The first-order valence-corrected chi connectivity index (χ1v) is 9.60. The van der Waals surface area contributed by atoms with E-state index in [0.717, 1.165) is 7.14 Å². The molecular weight excluding hydrogens is 554 g/mol. The van der Waals surface area contributed by atoms with Gasteiger partial charge >= 0.3 is 0 Å². The van der Waals surface area contributed by atoms with E-state index in [1.54, 1.807) is 0 Å². The van der Waals surface area contributed by atoms with Gasteiger partial charge in [0.25, 0.3) is 0 Å². The van der Waals surface area contributed by atoms with Crippen molar-refractivity contribution in [1.29, 1.82) is 10.5 Å². The fourth-order valence-corrected chi connectivity index (χ4v) is 2.88. The predicted molar refractivity (Wildman–Crippen MR) is 114 cm³/mol. The maximum Gasteiger partial charge on any atom is 0.171 e. The summed E-state index contributed by atoms with van der Waals surface area (Å²) in [6.07, 6.45) is 0. The van der Waals surface area contributed by atoms with Crippen LogP contribution in [0.4, 0.5) is 0 Å². The SMILES string of the molecule is N#Cc1cc(Oc2ccc(I)cc2)c(Oc2ccc(I)cc2)cc1C#N. The Morgan fingerprint density at radius 3 is 1.27 bits per heavy atom. The smallest absolute Gasteiger partial charge is 0.171 e. The number of rotatable bonds is 4. The van der Waals surface area contributed by atoms with Crippen molar-refractivity contribution in [3.8, 4) is 35.1 Å². The predicted octanol–water partition coefficient (Wildman–Crippen LogP) is 6.22. The molecule has 0 aliphatic carbocycles. The van der Waals surface area contributed by atoms with Crippen molar-refractivity contribution >= 4 is 45.2 Å². The Bertz CT molecular complexity index is 933.